The number of hydrogen-bond donors (Lipinski definition) is 0. The van der Waals surface area contributed by atoms with E-state index in [4.69, 9.17) is 0 Å². The summed E-state index contributed by atoms with van der Waals surface area (Å²) in [6.07, 6.45) is 0. The van der Waals surface area contributed by atoms with Crippen molar-refractivity contribution in [2.24, 2.45) is 0 Å². The molecule has 0 aliphatic heterocycles. The van der Waals surface area contributed by atoms with Crippen LogP contribution in [0.1, 0.15) is 20.8 Å². The second kappa shape index (κ2) is 11.5. The third kappa shape index (κ3) is 39.2. The fraction of sp³-hybridized carbons (Fsp3) is 0.375. The van der Waals surface area contributed by atoms with Crippen molar-refractivity contribution >= 4 is 28.2 Å². The van der Waals surface area contributed by atoms with E-state index in [1.807, 2.05) is 0 Å². The van der Waals surface area contributed by atoms with E-state index in [9.17, 15) is 34.2 Å². The molecule has 0 heterocycles. The Bertz CT molecular complexity index is 243. The number of carboxylic acids is 2. The van der Waals surface area contributed by atoms with Crippen molar-refractivity contribution in [1.29, 1.82) is 0 Å². The van der Waals surface area contributed by atoms with Crippen molar-refractivity contribution in [3.05, 3.63) is 0 Å². The summed E-state index contributed by atoms with van der Waals surface area (Å²) in [6, 6.07) is 0. The zero-order chi connectivity index (χ0) is 13.9. The van der Waals surface area contributed by atoms with E-state index in [0.717, 1.165) is 13.8 Å². The maximum atomic E-state index is 9.48. The van der Waals surface area contributed by atoms with Crippen molar-refractivity contribution in [2.75, 3.05) is 0 Å². The van der Waals surface area contributed by atoms with Crippen LogP contribution in [0.3, 0.4) is 0 Å². The van der Waals surface area contributed by atoms with Gasteiger partial charge in [0.2, 0.25) is 0 Å². The number of carbonyl (C=O) groups excluding carboxylic acids is 5. The van der Waals surface area contributed by atoms with E-state index >= 15 is 0 Å². The van der Waals surface area contributed by atoms with Gasteiger partial charge < -0.3 is 19.8 Å². The first-order valence-corrected chi connectivity index (χ1v) is 4.16. The molecule has 0 fully saturated rings. The summed E-state index contributed by atoms with van der Waals surface area (Å²) in [6.45, 7) is 3.30. The fourth-order valence-corrected chi connectivity index (χ4v) is 0. The van der Waals surface area contributed by atoms with Gasteiger partial charge in [0.05, 0.1) is 0 Å². The monoisotopic (exact) mass is 273 g/mol. The summed E-state index contributed by atoms with van der Waals surface area (Å²) in [4.78, 5) is 46.8. The van der Waals surface area contributed by atoms with Crippen molar-refractivity contribution < 1.29 is 50.2 Å². The third-order valence-electron chi connectivity index (χ3n) is 0.575. The van der Waals surface area contributed by atoms with E-state index in [1.54, 1.807) is 0 Å². The molecule has 0 spiro atoms. The van der Waals surface area contributed by atoms with Gasteiger partial charge in [-0.15, -0.1) is 0 Å². The zero-order valence-corrected chi connectivity index (χ0v) is 9.82. The van der Waals surface area contributed by atoms with Crippen molar-refractivity contribution in [2.45, 2.75) is 20.8 Å². The van der Waals surface area contributed by atoms with E-state index in [1.165, 1.54) is 6.92 Å². The van der Waals surface area contributed by atoms with E-state index in [2.05, 4.69) is 16.0 Å². The van der Waals surface area contributed by atoms with Crippen LogP contribution in [0.15, 0.2) is 0 Å². The molecule has 0 amide bonds. The Morgan fingerprint density at radius 1 is 0.750 bits per heavy atom. The SMILES string of the molecule is CC(=O)C(=O)[O-].CC(=O)C(=O)[O-].C[C](=O)[Fe+2]. The Labute approximate surface area is 99.6 Å². The van der Waals surface area contributed by atoms with Gasteiger partial charge in [-0.1, -0.05) is 0 Å². The van der Waals surface area contributed by atoms with Crippen LogP contribution in [0, 0.1) is 0 Å². The maximum absolute atomic E-state index is 9.48. The van der Waals surface area contributed by atoms with Crippen molar-refractivity contribution in [1.82, 2.24) is 0 Å². The molecular formula is C8H9FeO7. The summed E-state index contributed by atoms with van der Waals surface area (Å²) >= 11 is 3.00. The van der Waals surface area contributed by atoms with Crippen molar-refractivity contribution in [3.63, 3.8) is 0 Å². The minimum atomic E-state index is -1.63. The summed E-state index contributed by atoms with van der Waals surface area (Å²) in [7, 11) is 0. The van der Waals surface area contributed by atoms with Gasteiger partial charge >= 0.3 is 32.4 Å². The minimum absolute atomic E-state index is 0.0833. The van der Waals surface area contributed by atoms with Gasteiger partial charge in [-0.25, -0.2) is 0 Å². The standard InChI is InChI=1S/2C3H4O3.C2H3O.Fe/c2*1-2(4)3(5)6;1-2-3;/h2*1H3,(H,5,6);1H3;/q;;;+2/p-2. The molecule has 0 unspecified atom stereocenters. The second-order valence-electron chi connectivity index (χ2n) is 2.14. The molecule has 0 aromatic carbocycles. The molecule has 7 nitrogen and oxygen atoms in total. The average Bonchev–Trinajstić information content (AvgIpc) is 2.03. The van der Waals surface area contributed by atoms with Crippen LogP contribution in [0.25, 0.3) is 0 Å². The van der Waals surface area contributed by atoms with Crippen LogP contribution in [0.2, 0.25) is 0 Å². The molecular weight excluding hydrogens is 264 g/mol. The molecule has 8 heteroatoms. The summed E-state index contributed by atoms with van der Waals surface area (Å²) in [5, 5.41) is 18.5. The summed E-state index contributed by atoms with van der Waals surface area (Å²) in [5.41, 5.74) is 0. The number of rotatable bonds is 2. The Kier molecular flexibility index (Phi) is 14.4. The van der Waals surface area contributed by atoms with Gasteiger partial charge in [-0.3, -0.25) is 9.59 Å². The van der Waals surface area contributed by atoms with Crippen LogP contribution in [-0.2, 0) is 40.0 Å². The molecule has 0 rings (SSSR count). The Morgan fingerprint density at radius 2 is 0.812 bits per heavy atom. The Hall–Kier alpha value is -1.53. The van der Waals surface area contributed by atoms with Gasteiger partial charge in [-0.2, -0.15) is 0 Å². The molecule has 0 aromatic heterocycles. The topological polar surface area (TPSA) is 131 Å². The van der Waals surface area contributed by atoms with Crippen LogP contribution in [0.5, 0.6) is 0 Å². The van der Waals surface area contributed by atoms with E-state index < -0.39 is 23.5 Å². The summed E-state index contributed by atoms with van der Waals surface area (Å²) in [5.74, 6) is -5.13. The third-order valence-corrected chi connectivity index (χ3v) is 0.575. The predicted octanol–water partition coefficient (Wildman–Crippen LogP) is -3.27. The molecule has 0 bridgehead atoms. The number of aliphatic carboxylic acids is 2. The molecule has 0 aromatic rings. The first kappa shape index (κ1) is 20.0. The molecule has 16 heavy (non-hydrogen) atoms. The zero-order valence-electron chi connectivity index (χ0n) is 8.71. The van der Waals surface area contributed by atoms with E-state index in [0.29, 0.717) is 0 Å². The van der Waals surface area contributed by atoms with Crippen LogP contribution in [-0.4, -0.2) is 28.2 Å². The molecule has 91 valence electrons. The molecule has 0 saturated heterocycles. The molecule has 0 N–H and O–H groups in total. The van der Waals surface area contributed by atoms with Gasteiger partial charge in [0.15, 0.2) is 11.6 Å². The van der Waals surface area contributed by atoms with Gasteiger partial charge in [0.1, 0.15) is 11.9 Å². The van der Waals surface area contributed by atoms with Crippen LogP contribution >= 0.6 is 0 Å². The number of ketones is 2. The molecule has 0 saturated carbocycles. The summed E-state index contributed by atoms with van der Waals surface area (Å²) < 4.78 is -0.0833. The number of carbonyl (C=O) groups is 5. The van der Waals surface area contributed by atoms with Gasteiger partial charge in [0.25, 0.3) is 0 Å². The molecule has 0 radical (unpaired) electrons. The van der Waals surface area contributed by atoms with E-state index in [-0.39, 0.29) is 4.68 Å². The quantitative estimate of drug-likeness (QED) is 0.381. The van der Waals surface area contributed by atoms with Gasteiger partial charge in [-0.05, 0) is 0 Å². The van der Waals surface area contributed by atoms with Crippen LogP contribution in [0.4, 0.5) is 0 Å². The number of carboxylic acid groups (broad SMARTS) is 2. The van der Waals surface area contributed by atoms with Crippen molar-refractivity contribution in [3.8, 4) is 0 Å². The number of hydrogen-bond acceptors (Lipinski definition) is 7. The van der Waals surface area contributed by atoms with Crippen LogP contribution < -0.4 is 10.2 Å². The molecule has 0 atom stereocenters. The number of Topliss-reactive ketones (excluding diaryl/α,β-unsaturated/α-hetero) is 2. The Balaban J connectivity index is -0.000000162. The predicted molar refractivity (Wildman–Crippen MR) is 42.1 cm³/mol. The normalized spacial score (nSPS) is 7.19. The Morgan fingerprint density at radius 3 is 0.812 bits per heavy atom. The second-order valence-corrected chi connectivity index (χ2v) is 2.92. The molecule has 0 aliphatic carbocycles. The fourth-order valence-electron chi connectivity index (χ4n) is 0. The average molecular weight is 273 g/mol. The first-order chi connectivity index (χ1) is 7.02. The van der Waals surface area contributed by atoms with Gasteiger partial charge in [0, 0.05) is 13.8 Å². The first-order valence-electron chi connectivity index (χ1n) is 3.61. The molecule has 0 aliphatic rings.